The maximum absolute atomic E-state index is 12.4. The maximum atomic E-state index is 12.4. The second-order valence-electron chi connectivity index (χ2n) is 6.47. The van der Waals surface area contributed by atoms with Crippen molar-refractivity contribution >= 4 is 37.8 Å². The van der Waals surface area contributed by atoms with Gasteiger partial charge in [-0.3, -0.25) is 4.79 Å². The third-order valence-electron chi connectivity index (χ3n) is 2.84. The van der Waals surface area contributed by atoms with Crippen molar-refractivity contribution in [1.82, 2.24) is 10.0 Å². The van der Waals surface area contributed by atoms with Crippen molar-refractivity contribution in [3.8, 4) is 0 Å². The molecule has 7 nitrogen and oxygen atoms in total. The third-order valence-corrected chi connectivity index (χ3v) is 5.28. The normalized spacial score (nSPS) is 11.9. The molecule has 0 radical (unpaired) electrons. The van der Waals surface area contributed by atoms with Gasteiger partial charge >= 0.3 is 5.97 Å². The Morgan fingerprint density at radius 3 is 2.44 bits per heavy atom. The largest absolute Gasteiger partial charge is 0.462 e. The first kappa shape index (κ1) is 21.6. The molecule has 0 spiro atoms. The van der Waals surface area contributed by atoms with Crippen LogP contribution in [0.2, 0.25) is 0 Å². The Bertz CT molecular complexity index is 741. The zero-order valence-electron chi connectivity index (χ0n) is 14.7. The first-order chi connectivity index (χ1) is 11.4. The number of rotatable bonds is 7. The third kappa shape index (κ3) is 7.54. The molecule has 1 rings (SSSR count). The summed E-state index contributed by atoms with van der Waals surface area (Å²) in [7, 11) is -3.76. The molecule has 140 valence electrons. The van der Waals surface area contributed by atoms with Crippen LogP contribution in [0.1, 0.15) is 44.5 Å². The molecule has 0 fully saturated rings. The summed E-state index contributed by atoms with van der Waals surface area (Å²) in [5, 5.41) is 2.59. The number of sulfonamides is 1. The summed E-state index contributed by atoms with van der Waals surface area (Å²) in [6.45, 7) is 7.10. The van der Waals surface area contributed by atoms with E-state index in [1.54, 1.807) is 20.8 Å². The second-order valence-corrected chi connectivity index (χ2v) is 9.01. The van der Waals surface area contributed by atoms with E-state index in [1.807, 2.05) is 0 Å². The lowest BCUT2D eigenvalue weighted by Crippen LogP contribution is -2.40. The van der Waals surface area contributed by atoms with E-state index in [4.69, 9.17) is 4.74 Å². The van der Waals surface area contributed by atoms with E-state index < -0.39 is 21.5 Å². The Morgan fingerprint density at radius 1 is 1.24 bits per heavy atom. The molecule has 0 atom stereocenters. The van der Waals surface area contributed by atoms with Gasteiger partial charge in [0, 0.05) is 23.5 Å². The van der Waals surface area contributed by atoms with Crippen LogP contribution in [0.15, 0.2) is 27.6 Å². The lowest BCUT2D eigenvalue weighted by Gasteiger charge is -2.20. The number of nitrogens with one attached hydrogen (secondary N) is 2. The van der Waals surface area contributed by atoms with Crippen LogP contribution in [0.5, 0.6) is 0 Å². The number of carbonyl (C=O) groups excluding carboxylic acids is 2. The summed E-state index contributed by atoms with van der Waals surface area (Å²) in [6, 6.07) is 4.17. The molecule has 0 bridgehead atoms. The van der Waals surface area contributed by atoms with Crippen LogP contribution in [-0.2, 0) is 19.6 Å². The highest BCUT2D eigenvalue weighted by Crippen LogP contribution is 2.23. The van der Waals surface area contributed by atoms with Crippen molar-refractivity contribution < 1.29 is 22.7 Å². The molecule has 0 heterocycles. The Kier molecular flexibility index (Phi) is 7.58. The van der Waals surface area contributed by atoms with Crippen molar-refractivity contribution in [2.75, 3.05) is 13.2 Å². The molecule has 0 aliphatic carbocycles. The number of hydrogen-bond acceptors (Lipinski definition) is 5. The average Bonchev–Trinajstić information content (AvgIpc) is 2.44. The Balaban J connectivity index is 2.84. The van der Waals surface area contributed by atoms with Crippen molar-refractivity contribution in [3.63, 3.8) is 0 Å². The fourth-order valence-electron chi connectivity index (χ4n) is 1.87. The number of hydrogen-bond donors (Lipinski definition) is 2. The summed E-state index contributed by atoms with van der Waals surface area (Å²) in [4.78, 5) is 22.9. The zero-order valence-corrected chi connectivity index (χ0v) is 17.1. The molecule has 0 saturated heterocycles. The SMILES string of the molecule is CC(=O)NCCCOC(=O)c1cc(S(=O)(=O)NC(C)(C)C)ccc1Br. The molecule has 0 unspecified atom stereocenters. The van der Waals surface area contributed by atoms with Gasteiger partial charge in [0.15, 0.2) is 0 Å². The lowest BCUT2D eigenvalue weighted by molar-refractivity contribution is -0.118. The van der Waals surface area contributed by atoms with Gasteiger partial charge in [-0.05, 0) is 61.3 Å². The van der Waals surface area contributed by atoms with Gasteiger partial charge in [-0.1, -0.05) is 0 Å². The zero-order chi connectivity index (χ0) is 19.3. The van der Waals surface area contributed by atoms with E-state index in [-0.39, 0.29) is 23.0 Å². The molecule has 1 aromatic rings. The minimum absolute atomic E-state index is 0.0178. The van der Waals surface area contributed by atoms with Gasteiger partial charge in [0.2, 0.25) is 15.9 Å². The summed E-state index contributed by atoms with van der Waals surface area (Å²) in [6.07, 6.45) is 0.465. The minimum atomic E-state index is -3.76. The van der Waals surface area contributed by atoms with Crippen LogP contribution in [0, 0.1) is 0 Å². The number of benzene rings is 1. The fraction of sp³-hybridized carbons (Fsp3) is 0.500. The van der Waals surface area contributed by atoms with E-state index in [0.717, 1.165) is 0 Å². The van der Waals surface area contributed by atoms with Crippen LogP contribution in [-0.4, -0.2) is 39.0 Å². The fourth-order valence-corrected chi connectivity index (χ4v) is 3.72. The topological polar surface area (TPSA) is 102 Å². The molecule has 0 aromatic heterocycles. The van der Waals surface area contributed by atoms with E-state index in [1.165, 1.54) is 25.1 Å². The summed E-state index contributed by atoms with van der Waals surface area (Å²) >= 11 is 3.23. The predicted molar refractivity (Wildman–Crippen MR) is 97.8 cm³/mol. The minimum Gasteiger partial charge on any atom is -0.462 e. The summed E-state index contributed by atoms with van der Waals surface area (Å²) < 4.78 is 32.9. The van der Waals surface area contributed by atoms with E-state index in [0.29, 0.717) is 17.4 Å². The Morgan fingerprint density at radius 2 is 1.88 bits per heavy atom. The van der Waals surface area contributed by atoms with E-state index in [2.05, 4.69) is 26.0 Å². The Labute approximate surface area is 156 Å². The van der Waals surface area contributed by atoms with Crippen molar-refractivity contribution in [1.29, 1.82) is 0 Å². The number of halogens is 1. The second kappa shape index (κ2) is 8.77. The highest BCUT2D eigenvalue weighted by Gasteiger charge is 2.24. The van der Waals surface area contributed by atoms with Gasteiger partial charge in [0.1, 0.15) is 0 Å². The molecular weight excluding hydrogens is 412 g/mol. The monoisotopic (exact) mass is 434 g/mol. The highest BCUT2D eigenvalue weighted by molar-refractivity contribution is 9.10. The number of amides is 1. The first-order valence-electron chi connectivity index (χ1n) is 7.67. The molecule has 25 heavy (non-hydrogen) atoms. The van der Waals surface area contributed by atoms with Crippen LogP contribution in [0.4, 0.5) is 0 Å². The van der Waals surface area contributed by atoms with Crippen LogP contribution >= 0.6 is 15.9 Å². The first-order valence-corrected chi connectivity index (χ1v) is 9.95. The van der Waals surface area contributed by atoms with Gasteiger partial charge < -0.3 is 10.1 Å². The van der Waals surface area contributed by atoms with Crippen molar-refractivity contribution in [3.05, 3.63) is 28.2 Å². The number of ether oxygens (including phenoxy) is 1. The smallest absolute Gasteiger partial charge is 0.339 e. The molecule has 9 heteroatoms. The molecular formula is C16H23BrN2O5S. The Hall–Kier alpha value is -1.45. The number of carbonyl (C=O) groups is 2. The van der Waals surface area contributed by atoms with Crippen LogP contribution in [0.25, 0.3) is 0 Å². The van der Waals surface area contributed by atoms with Gasteiger partial charge in [-0.25, -0.2) is 17.9 Å². The predicted octanol–water partition coefficient (Wildman–Crippen LogP) is 2.21. The summed E-state index contributed by atoms with van der Waals surface area (Å²) in [5.74, 6) is -0.791. The molecule has 1 aromatic carbocycles. The van der Waals surface area contributed by atoms with E-state index in [9.17, 15) is 18.0 Å². The molecule has 0 aliphatic rings. The van der Waals surface area contributed by atoms with Gasteiger partial charge in [-0.2, -0.15) is 0 Å². The summed E-state index contributed by atoms with van der Waals surface area (Å²) in [5.41, 5.74) is -0.521. The van der Waals surface area contributed by atoms with E-state index >= 15 is 0 Å². The average molecular weight is 435 g/mol. The molecule has 0 saturated carbocycles. The van der Waals surface area contributed by atoms with Gasteiger partial charge in [0.05, 0.1) is 17.1 Å². The molecule has 2 N–H and O–H groups in total. The van der Waals surface area contributed by atoms with Crippen LogP contribution in [0.3, 0.4) is 0 Å². The molecule has 0 aliphatic heterocycles. The lowest BCUT2D eigenvalue weighted by atomic mass is 10.1. The maximum Gasteiger partial charge on any atom is 0.339 e. The van der Waals surface area contributed by atoms with Gasteiger partial charge in [0.25, 0.3) is 0 Å². The van der Waals surface area contributed by atoms with Crippen LogP contribution < -0.4 is 10.0 Å². The van der Waals surface area contributed by atoms with Gasteiger partial charge in [-0.15, -0.1) is 0 Å². The van der Waals surface area contributed by atoms with Crippen molar-refractivity contribution in [2.24, 2.45) is 0 Å². The van der Waals surface area contributed by atoms with Crippen molar-refractivity contribution in [2.45, 2.75) is 44.6 Å². The standard InChI is InChI=1S/C16H23BrN2O5S/c1-11(20)18-8-5-9-24-15(21)13-10-12(6-7-14(13)17)25(22,23)19-16(2,3)4/h6-7,10,19H,5,8-9H2,1-4H3,(H,18,20). The quantitative estimate of drug-likeness (QED) is 0.505. The molecule has 1 amide bonds. The highest BCUT2D eigenvalue weighted by atomic mass is 79.9. The number of esters is 1.